The Balaban J connectivity index is 2.33. The van der Waals surface area contributed by atoms with Crippen LogP contribution in [0.2, 0.25) is 0 Å². The number of benzene rings is 1. The summed E-state index contributed by atoms with van der Waals surface area (Å²) in [5, 5.41) is 8.08. The van der Waals surface area contributed by atoms with Crippen LogP contribution in [0.1, 0.15) is 44.0 Å². The van der Waals surface area contributed by atoms with Crippen molar-refractivity contribution in [2.75, 3.05) is 0 Å². The quantitative estimate of drug-likeness (QED) is 0.869. The van der Waals surface area contributed by atoms with Crippen LogP contribution < -0.4 is 5.32 Å². The molecule has 0 aliphatic heterocycles. The molecule has 0 spiro atoms. The fourth-order valence-corrected chi connectivity index (χ4v) is 2.35. The molecular formula is C17H25N3. The summed E-state index contributed by atoms with van der Waals surface area (Å²) in [6.07, 6.45) is 4.19. The van der Waals surface area contributed by atoms with E-state index in [1.165, 1.54) is 16.8 Å². The topological polar surface area (TPSA) is 29.9 Å². The summed E-state index contributed by atoms with van der Waals surface area (Å²) in [7, 11) is 0. The molecule has 0 bridgehead atoms. The molecule has 0 saturated carbocycles. The van der Waals surface area contributed by atoms with Gasteiger partial charge in [-0.1, -0.05) is 39.3 Å². The smallest absolute Gasteiger partial charge is 0.0651 e. The molecule has 2 aromatic rings. The van der Waals surface area contributed by atoms with Crippen molar-refractivity contribution in [3.63, 3.8) is 0 Å². The van der Waals surface area contributed by atoms with Crippen LogP contribution in [0, 0.1) is 6.92 Å². The van der Waals surface area contributed by atoms with E-state index < -0.39 is 0 Å². The second kappa shape index (κ2) is 6.71. The van der Waals surface area contributed by atoms with E-state index in [1.807, 2.05) is 6.20 Å². The summed E-state index contributed by atoms with van der Waals surface area (Å²) in [5.74, 6) is 0. The maximum absolute atomic E-state index is 4.60. The number of aromatic nitrogens is 2. The van der Waals surface area contributed by atoms with E-state index in [0.717, 1.165) is 25.1 Å². The summed E-state index contributed by atoms with van der Waals surface area (Å²) in [5.41, 5.74) is 5.06. The molecule has 3 heteroatoms. The molecule has 0 fully saturated rings. The van der Waals surface area contributed by atoms with Crippen molar-refractivity contribution in [3.05, 3.63) is 47.3 Å². The van der Waals surface area contributed by atoms with Gasteiger partial charge in [0, 0.05) is 23.8 Å². The Morgan fingerprint density at radius 3 is 2.75 bits per heavy atom. The Labute approximate surface area is 122 Å². The molecule has 0 atom stereocenters. The Hall–Kier alpha value is -1.61. The van der Waals surface area contributed by atoms with Gasteiger partial charge in [-0.2, -0.15) is 5.10 Å². The fourth-order valence-electron chi connectivity index (χ4n) is 2.35. The third-order valence-corrected chi connectivity index (χ3v) is 3.39. The van der Waals surface area contributed by atoms with Crippen LogP contribution in [0.3, 0.4) is 0 Å². The van der Waals surface area contributed by atoms with E-state index in [1.54, 1.807) is 0 Å². The maximum atomic E-state index is 4.60. The summed E-state index contributed by atoms with van der Waals surface area (Å²) < 4.78 is 2.09. The minimum atomic E-state index is 0.492. The van der Waals surface area contributed by atoms with Gasteiger partial charge in [-0.25, -0.2) is 4.68 Å². The lowest BCUT2D eigenvalue weighted by Crippen LogP contribution is -2.22. The molecule has 1 aromatic carbocycles. The number of hydrogen-bond donors (Lipinski definition) is 1. The molecule has 0 unspecified atom stereocenters. The summed E-state index contributed by atoms with van der Waals surface area (Å²) in [4.78, 5) is 0. The normalized spacial score (nSPS) is 11.2. The summed E-state index contributed by atoms with van der Waals surface area (Å²) in [6, 6.07) is 9.01. The van der Waals surface area contributed by atoms with Crippen LogP contribution >= 0.6 is 0 Å². The Bertz CT molecular complexity index is 555. The largest absolute Gasteiger partial charge is 0.310 e. The Morgan fingerprint density at radius 2 is 2.10 bits per heavy atom. The molecule has 2 rings (SSSR count). The highest BCUT2D eigenvalue weighted by atomic mass is 15.3. The first kappa shape index (κ1) is 14.8. The first-order valence-electron chi connectivity index (χ1n) is 7.48. The van der Waals surface area contributed by atoms with Crippen molar-refractivity contribution < 1.29 is 0 Å². The highest BCUT2D eigenvalue weighted by Gasteiger charge is 2.11. The number of hydrogen-bond acceptors (Lipinski definition) is 2. The average molecular weight is 271 g/mol. The van der Waals surface area contributed by atoms with Gasteiger partial charge in [-0.15, -0.1) is 0 Å². The zero-order valence-corrected chi connectivity index (χ0v) is 13.0. The standard InChI is InChI=1S/C17H25N3/c1-5-7-17-15(11-18-13(2)3)12-19-20(17)16-9-6-8-14(4)10-16/h6,8-10,12-13,18H,5,7,11H2,1-4H3. The van der Waals surface area contributed by atoms with E-state index in [4.69, 9.17) is 0 Å². The highest BCUT2D eigenvalue weighted by molar-refractivity contribution is 5.38. The zero-order valence-electron chi connectivity index (χ0n) is 13.0. The third kappa shape index (κ3) is 3.48. The predicted molar refractivity (Wildman–Crippen MR) is 84.3 cm³/mol. The van der Waals surface area contributed by atoms with Crippen molar-refractivity contribution in [3.8, 4) is 5.69 Å². The van der Waals surface area contributed by atoms with Crippen molar-refractivity contribution in [2.45, 2.75) is 53.1 Å². The van der Waals surface area contributed by atoms with Gasteiger partial charge < -0.3 is 5.32 Å². The second-order valence-electron chi connectivity index (χ2n) is 5.65. The van der Waals surface area contributed by atoms with Crippen LogP contribution in [0.5, 0.6) is 0 Å². The average Bonchev–Trinajstić information content (AvgIpc) is 2.80. The molecule has 0 saturated heterocycles. The lowest BCUT2D eigenvalue weighted by atomic mass is 10.1. The van der Waals surface area contributed by atoms with Gasteiger partial charge >= 0.3 is 0 Å². The molecule has 0 radical (unpaired) electrons. The predicted octanol–water partition coefficient (Wildman–Crippen LogP) is 3.63. The lowest BCUT2D eigenvalue weighted by molar-refractivity contribution is 0.585. The van der Waals surface area contributed by atoms with Crippen molar-refractivity contribution in [1.29, 1.82) is 0 Å². The first-order valence-corrected chi connectivity index (χ1v) is 7.48. The van der Waals surface area contributed by atoms with Crippen molar-refractivity contribution >= 4 is 0 Å². The molecule has 3 nitrogen and oxygen atoms in total. The van der Waals surface area contributed by atoms with E-state index >= 15 is 0 Å². The minimum Gasteiger partial charge on any atom is -0.310 e. The monoisotopic (exact) mass is 271 g/mol. The van der Waals surface area contributed by atoms with Gasteiger partial charge in [0.25, 0.3) is 0 Å². The molecule has 20 heavy (non-hydrogen) atoms. The van der Waals surface area contributed by atoms with Gasteiger partial charge in [-0.05, 0) is 31.0 Å². The van der Waals surface area contributed by atoms with Crippen LogP contribution in [0.25, 0.3) is 5.69 Å². The molecular weight excluding hydrogens is 246 g/mol. The number of nitrogens with one attached hydrogen (secondary N) is 1. The SMILES string of the molecule is CCCc1c(CNC(C)C)cnn1-c1cccc(C)c1. The van der Waals surface area contributed by atoms with E-state index in [9.17, 15) is 0 Å². The summed E-state index contributed by atoms with van der Waals surface area (Å²) >= 11 is 0. The molecule has 1 heterocycles. The summed E-state index contributed by atoms with van der Waals surface area (Å²) in [6.45, 7) is 9.56. The van der Waals surface area contributed by atoms with Crippen molar-refractivity contribution in [1.82, 2.24) is 15.1 Å². The van der Waals surface area contributed by atoms with Gasteiger partial charge in [0.15, 0.2) is 0 Å². The molecule has 0 aliphatic rings. The maximum Gasteiger partial charge on any atom is 0.0651 e. The minimum absolute atomic E-state index is 0.492. The van der Waals surface area contributed by atoms with Crippen LogP contribution in [-0.2, 0) is 13.0 Å². The number of nitrogens with zero attached hydrogens (tertiary/aromatic N) is 2. The Morgan fingerprint density at radius 1 is 1.30 bits per heavy atom. The lowest BCUT2D eigenvalue weighted by Gasteiger charge is -2.11. The van der Waals surface area contributed by atoms with Gasteiger partial charge in [0.2, 0.25) is 0 Å². The van der Waals surface area contributed by atoms with E-state index in [0.29, 0.717) is 6.04 Å². The molecule has 1 aromatic heterocycles. The zero-order chi connectivity index (χ0) is 14.5. The number of rotatable bonds is 6. The molecule has 108 valence electrons. The molecule has 1 N–H and O–H groups in total. The third-order valence-electron chi connectivity index (χ3n) is 3.39. The van der Waals surface area contributed by atoms with Gasteiger partial charge in [-0.3, -0.25) is 0 Å². The van der Waals surface area contributed by atoms with E-state index in [2.05, 4.69) is 67.1 Å². The van der Waals surface area contributed by atoms with Crippen LogP contribution in [0.4, 0.5) is 0 Å². The highest BCUT2D eigenvalue weighted by Crippen LogP contribution is 2.18. The van der Waals surface area contributed by atoms with Crippen LogP contribution in [0.15, 0.2) is 30.5 Å². The Kier molecular flexibility index (Phi) is 4.96. The van der Waals surface area contributed by atoms with Gasteiger partial charge in [0.1, 0.15) is 0 Å². The van der Waals surface area contributed by atoms with Crippen LogP contribution in [-0.4, -0.2) is 15.8 Å². The second-order valence-corrected chi connectivity index (χ2v) is 5.65. The van der Waals surface area contributed by atoms with Gasteiger partial charge in [0.05, 0.1) is 11.9 Å². The molecule has 0 aliphatic carbocycles. The number of aryl methyl sites for hydroxylation is 1. The van der Waals surface area contributed by atoms with Crippen molar-refractivity contribution in [2.24, 2.45) is 0 Å². The first-order chi connectivity index (χ1) is 9.61. The fraction of sp³-hybridized carbons (Fsp3) is 0.471. The molecule has 0 amide bonds. The van der Waals surface area contributed by atoms with E-state index in [-0.39, 0.29) is 0 Å².